The smallest absolute Gasteiger partial charge is 0.268 e. The molecule has 2 rings (SSSR count). The molecule has 0 fully saturated rings. The zero-order valence-corrected chi connectivity index (χ0v) is 15.1. The van der Waals surface area contributed by atoms with E-state index in [-0.39, 0.29) is 22.7 Å². The highest BCUT2D eigenvalue weighted by atomic mass is 35.5. The normalized spacial score (nSPS) is 11.2. The second-order valence-corrected chi connectivity index (χ2v) is 6.11. The first-order valence-electron chi connectivity index (χ1n) is 7.65. The molecular weight excluding hydrogens is 392 g/mol. The van der Waals surface area contributed by atoms with E-state index in [9.17, 15) is 29.1 Å². The number of halogens is 3. The zero-order chi connectivity index (χ0) is 21.0. The van der Waals surface area contributed by atoms with E-state index in [1.807, 2.05) is 6.07 Å². The number of carbonyl (C=O) groups is 1. The minimum Gasteiger partial charge on any atom is -0.506 e. The van der Waals surface area contributed by atoms with Gasteiger partial charge in [-0.25, -0.2) is 8.78 Å². The maximum atomic E-state index is 14.0. The average molecular weight is 404 g/mol. The lowest BCUT2D eigenvalue weighted by Crippen LogP contribution is -2.28. The molecule has 2 aromatic carbocycles. The maximum absolute atomic E-state index is 14.0. The molecule has 2 aromatic rings. The summed E-state index contributed by atoms with van der Waals surface area (Å²) in [6, 6.07) is 8.39. The number of hydrogen-bond donors (Lipinski definition) is 2. The number of nitrogens with zero attached hydrogens (tertiary/aromatic N) is 3. The van der Waals surface area contributed by atoms with E-state index in [0.717, 1.165) is 17.0 Å². The van der Waals surface area contributed by atoms with Crippen LogP contribution in [0.4, 0.5) is 8.78 Å². The molecule has 0 aliphatic carbocycles. The molecule has 0 aliphatic heterocycles. The fourth-order valence-electron chi connectivity index (χ4n) is 2.34. The van der Waals surface area contributed by atoms with Crippen LogP contribution in [0.5, 0.6) is 5.75 Å². The molecule has 142 valence electrons. The van der Waals surface area contributed by atoms with E-state index in [4.69, 9.17) is 16.9 Å². The van der Waals surface area contributed by atoms with Crippen LogP contribution in [-0.2, 0) is 11.3 Å². The first-order chi connectivity index (χ1) is 13.2. The number of nitriles is 2. The third kappa shape index (κ3) is 4.20. The van der Waals surface area contributed by atoms with Gasteiger partial charge in [-0.15, -0.1) is 0 Å². The number of hydrogen-bond acceptors (Lipinski definition) is 5. The fraction of sp³-hybridized carbons (Fsp3) is 0.105. The van der Waals surface area contributed by atoms with Crippen molar-refractivity contribution in [3.05, 3.63) is 69.3 Å². The van der Waals surface area contributed by atoms with Crippen molar-refractivity contribution in [2.75, 3.05) is 7.05 Å². The van der Waals surface area contributed by atoms with Crippen LogP contribution in [0.15, 0.2) is 35.9 Å². The Morgan fingerprint density at radius 3 is 2.50 bits per heavy atom. The molecule has 6 nitrogen and oxygen atoms in total. The van der Waals surface area contributed by atoms with Gasteiger partial charge in [0.2, 0.25) is 0 Å². The Bertz CT molecular complexity index is 1070. The minimum absolute atomic E-state index is 0.0190. The molecule has 0 atom stereocenters. The number of likely N-dealkylation sites (N-methyl/N-ethyl adjacent to an activating group) is 1. The van der Waals surface area contributed by atoms with Gasteiger partial charge in [-0.2, -0.15) is 10.5 Å². The van der Waals surface area contributed by atoms with Gasteiger partial charge in [-0.3, -0.25) is 4.79 Å². The largest absolute Gasteiger partial charge is 0.506 e. The summed E-state index contributed by atoms with van der Waals surface area (Å²) >= 11 is 5.68. The Kier molecular flexibility index (Phi) is 6.19. The summed E-state index contributed by atoms with van der Waals surface area (Å²) in [5, 5.41) is 37.4. The second-order valence-electron chi connectivity index (χ2n) is 5.70. The molecule has 0 radical (unpaired) electrons. The van der Waals surface area contributed by atoms with Crippen LogP contribution in [0.25, 0.3) is 5.76 Å². The van der Waals surface area contributed by atoms with Crippen molar-refractivity contribution in [2.24, 2.45) is 0 Å². The monoisotopic (exact) mass is 403 g/mol. The molecule has 0 spiro atoms. The van der Waals surface area contributed by atoms with E-state index in [1.165, 1.54) is 25.2 Å². The molecule has 0 aliphatic rings. The van der Waals surface area contributed by atoms with Gasteiger partial charge in [-0.05, 0) is 24.3 Å². The molecule has 2 N–H and O–H groups in total. The number of aliphatic hydroxyl groups excluding tert-OH is 1. The van der Waals surface area contributed by atoms with E-state index < -0.39 is 40.2 Å². The van der Waals surface area contributed by atoms with Crippen molar-refractivity contribution < 1.29 is 23.8 Å². The number of phenols is 1. The molecule has 0 heterocycles. The number of amides is 1. The molecule has 0 unspecified atom stereocenters. The maximum Gasteiger partial charge on any atom is 0.268 e. The second kappa shape index (κ2) is 8.38. The van der Waals surface area contributed by atoms with Crippen LogP contribution in [-0.4, -0.2) is 28.1 Å². The fourth-order valence-corrected chi connectivity index (χ4v) is 2.50. The van der Waals surface area contributed by atoms with Gasteiger partial charge < -0.3 is 15.1 Å². The summed E-state index contributed by atoms with van der Waals surface area (Å²) in [4.78, 5) is 13.4. The number of carbonyl (C=O) groups excluding carboxylic acids is 1. The number of benzene rings is 2. The highest BCUT2D eigenvalue weighted by Gasteiger charge is 2.24. The molecule has 0 saturated carbocycles. The van der Waals surface area contributed by atoms with Gasteiger partial charge in [-0.1, -0.05) is 11.6 Å². The predicted octanol–water partition coefficient (Wildman–Crippen LogP) is 3.65. The number of phenolic OH excluding ortho intramolecular Hbond substituents is 1. The Morgan fingerprint density at radius 2 is 1.89 bits per heavy atom. The van der Waals surface area contributed by atoms with Crippen LogP contribution in [0.3, 0.4) is 0 Å². The van der Waals surface area contributed by atoms with Crippen LogP contribution in [0.1, 0.15) is 16.7 Å². The molecule has 0 saturated heterocycles. The van der Waals surface area contributed by atoms with Gasteiger partial charge >= 0.3 is 0 Å². The Hall–Kier alpha value is -3.62. The van der Waals surface area contributed by atoms with Crippen molar-refractivity contribution >= 4 is 23.3 Å². The first kappa shape index (κ1) is 20.7. The van der Waals surface area contributed by atoms with Gasteiger partial charge in [0.05, 0.1) is 22.2 Å². The molecule has 0 aromatic heterocycles. The third-order valence-corrected chi connectivity index (χ3v) is 4.09. The molecular formula is C19H12ClF2N3O3. The Morgan fingerprint density at radius 1 is 1.21 bits per heavy atom. The molecule has 0 bridgehead atoms. The average Bonchev–Trinajstić information content (AvgIpc) is 2.66. The van der Waals surface area contributed by atoms with E-state index in [2.05, 4.69) is 0 Å². The molecule has 1 amide bonds. The lowest BCUT2D eigenvalue weighted by Gasteiger charge is -2.18. The van der Waals surface area contributed by atoms with Crippen LogP contribution in [0, 0.1) is 34.3 Å². The summed E-state index contributed by atoms with van der Waals surface area (Å²) in [7, 11) is 1.24. The predicted molar refractivity (Wildman–Crippen MR) is 95.8 cm³/mol. The number of aromatic hydroxyl groups is 1. The van der Waals surface area contributed by atoms with Crippen LogP contribution >= 0.6 is 11.6 Å². The van der Waals surface area contributed by atoms with Crippen molar-refractivity contribution in [1.82, 2.24) is 4.90 Å². The van der Waals surface area contributed by atoms with E-state index in [0.29, 0.717) is 6.07 Å². The van der Waals surface area contributed by atoms with Crippen molar-refractivity contribution in [3.63, 3.8) is 0 Å². The topological polar surface area (TPSA) is 108 Å². The molecule has 9 heteroatoms. The van der Waals surface area contributed by atoms with E-state index in [1.54, 1.807) is 0 Å². The summed E-state index contributed by atoms with van der Waals surface area (Å²) in [6.07, 6.45) is 0. The summed E-state index contributed by atoms with van der Waals surface area (Å²) < 4.78 is 27.9. The lowest BCUT2D eigenvalue weighted by molar-refractivity contribution is -0.126. The van der Waals surface area contributed by atoms with E-state index >= 15 is 0 Å². The van der Waals surface area contributed by atoms with Crippen LogP contribution in [0.2, 0.25) is 5.02 Å². The summed E-state index contributed by atoms with van der Waals surface area (Å²) in [5.74, 6) is -4.34. The Labute approximate surface area is 163 Å². The summed E-state index contributed by atoms with van der Waals surface area (Å²) in [5.41, 5.74) is -1.17. The molecule has 28 heavy (non-hydrogen) atoms. The minimum atomic E-state index is -1.10. The van der Waals surface area contributed by atoms with Crippen molar-refractivity contribution in [1.29, 1.82) is 10.5 Å². The highest BCUT2D eigenvalue weighted by Crippen LogP contribution is 2.30. The van der Waals surface area contributed by atoms with Crippen molar-refractivity contribution in [3.8, 4) is 17.9 Å². The quantitative estimate of drug-likeness (QED) is 0.460. The lowest BCUT2D eigenvalue weighted by atomic mass is 10.1. The van der Waals surface area contributed by atoms with Gasteiger partial charge in [0, 0.05) is 25.2 Å². The first-order valence-corrected chi connectivity index (χ1v) is 8.03. The Balaban J connectivity index is 2.40. The van der Waals surface area contributed by atoms with Gasteiger partial charge in [0.15, 0.2) is 5.57 Å². The summed E-state index contributed by atoms with van der Waals surface area (Å²) in [6.45, 7) is -0.308. The van der Waals surface area contributed by atoms with Gasteiger partial charge in [0.1, 0.15) is 29.2 Å². The van der Waals surface area contributed by atoms with Crippen LogP contribution < -0.4 is 0 Å². The third-order valence-electron chi connectivity index (χ3n) is 3.78. The number of aliphatic hydroxyl groups is 1. The zero-order valence-electron chi connectivity index (χ0n) is 14.4. The SMILES string of the molecule is CN(Cc1cc(C#N)ccc1F)C(=O)/C(C#N)=C(\O)c1cc(Cl)c(O)cc1F. The van der Waals surface area contributed by atoms with Gasteiger partial charge in [0.25, 0.3) is 5.91 Å². The van der Waals surface area contributed by atoms with Crippen molar-refractivity contribution in [2.45, 2.75) is 6.54 Å². The highest BCUT2D eigenvalue weighted by molar-refractivity contribution is 6.32. The standard InChI is InChI=1S/C19H12ClF2N3O3/c1-25(9-11-4-10(7-23)2-3-15(11)21)19(28)13(8-24)18(27)12-5-14(20)17(26)6-16(12)22/h2-6,26-27H,9H2,1H3/b18-13-. The number of rotatable bonds is 4.